The van der Waals surface area contributed by atoms with Gasteiger partial charge in [-0.1, -0.05) is 0 Å². The maximum Gasteiger partial charge on any atom is 0.110 e. The topological polar surface area (TPSA) is 147 Å². The van der Waals surface area contributed by atoms with Crippen molar-refractivity contribution in [3.05, 3.63) is 0 Å². The highest BCUT2D eigenvalue weighted by atomic mass is 16.6. The molecule has 0 rings (SSSR count). The maximum atomic E-state index is 8.88. The molecular weight excluding hydrogens is 382 g/mol. The van der Waals surface area contributed by atoms with Crippen LogP contribution in [0.25, 0.3) is 0 Å². The Balaban J connectivity index is 5.34. The minimum Gasteiger partial charge on any atom is -0.374 e. The highest BCUT2D eigenvalue weighted by Gasteiger charge is 2.31. The fraction of sp³-hybridized carbons (Fsp3) is 0.773. The maximum absolute atomic E-state index is 8.88. The summed E-state index contributed by atoms with van der Waals surface area (Å²) in [6, 6.07) is 10.4. The van der Waals surface area contributed by atoms with Gasteiger partial charge in [-0.15, -0.1) is 0 Å². The molecule has 8 nitrogen and oxygen atoms in total. The Morgan fingerprint density at radius 2 is 0.833 bits per heavy atom. The first kappa shape index (κ1) is 27.3. The third kappa shape index (κ3) is 14.3. The summed E-state index contributed by atoms with van der Waals surface area (Å²) >= 11 is 0. The van der Waals surface area contributed by atoms with Gasteiger partial charge in [-0.3, -0.25) is 0 Å². The van der Waals surface area contributed by atoms with Crippen molar-refractivity contribution in [2.75, 3.05) is 19.8 Å². The van der Waals surface area contributed by atoms with Crippen LogP contribution >= 0.6 is 0 Å². The number of nitrogens with zero attached hydrogens (tertiary/aromatic N) is 5. The van der Waals surface area contributed by atoms with Crippen molar-refractivity contribution in [3.8, 4) is 30.3 Å². The lowest BCUT2D eigenvalue weighted by molar-refractivity contribution is -0.142. The van der Waals surface area contributed by atoms with Gasteiger partial charge >= 0.3 is 0 Å². The zero-order valence-corrected chi connectivity index (χ0v) is 17.6. The number of hydrogen-bond donors (Lipinski definition) is 0. The minimum absolute atomic E-state index is 0.230. The van der Waals surface area contributed by atoms with Crippen molar-refractivity contribution >= 4 is 0 Å². The molecule has 0 aliphatic heterocycles. The van der Waals surface area contributed by atoms with Gasteiger partial charge in [0.2, 0.25) is 0 Å². The summed E-state index contributed by atoms with van der Waals surface area (Å²) in [5.74, 6) is 0. The molecule has 30 heavy (non-hydrogen) atoms. The molecule has 2 unspecified atom stereocenters. The largest absolute Gasteiger partial charge is 0.374 e. The van der Waals surface area contributed by atoms with E-state index in [-0.39, 0.29) is 51.3 Å². The van der Waals surface area contributed by atoms with E-state index >= 15 is 0 Å². The second-order valence-electron chi connectivity index (χ2n) is 6.69. The van der Waals surface area contributed by atoms with Crippen molar-refractivity contribution in [1.29, 1.82) is 26.3 Å². The minimum atomic E-state index is -0.458. The van der Waals surface area contributed by atoms with Crippen molar-refractivity contribution < 1.29 is 14.2 Å². The van der Waals surface area contributed by atoms with E-state index in [4.69, 9.17) is 40.5 Å². The van der Waals surface area contributed by atoms with Gasteiger partial charge in [0.25, 0.3) is 0 Å². The smallest absolute Gasteiger partial charge is 0.110 e. The first-order valence-electron chi connectivity index (χ1n) is 10.4. The van der Waals surface area contributed by atoms with Crippen LogP contribution in [0.1, 0.15) is 70.6 Å². The van der Waals surface area contributed by atoms with Gasteiger partial charge in [-0.2, -0.15) is 26.3 Å². The Morgan fingerprint density at radius 3 is 1.20 bits per heavy atom. The molecule has 0 heterocycles. The van der Waals surface area contributed by atoms with Crippen molar-refractivity contribution in [2.45, 2.75) is 88.9 Å². The molecule has 0 fully saturated rings. The lowest BCUT2D eigenvalue weighted by atomic mass is 9.97. The zero-order valence-electron chi connectivity index (χ0n) is 17.6. The third-order valence-corrected chi connectivity index (χ3v) is 4.40. The van der Waals surface area contributed by atoms with E-state index in [0.717, 1.165) is 25.7 Å². The van der Waals surface area contributed by atoms with Crippen LogP contribution in [0.3, 0.4) is 0 Å². The summed E-state index contributed by atoms with van der Waals surface area (Å²) in [4.78, 5) is 0. The monoisotopic (exact) mass is 413 g/mol. The van der Waals surface area contributed by atoms with Crippen molar-refractivity contribution in [2.24, 2.45) is 0 Å². The van der Waals surface area contributed by atoms with Gasteiger partial charge in [0.05, 0.1) is 81.6 Å². The molecule has 2 atom stereocenters. The van der Waals surface area contributed by atoms with Crippen molar-refractivity contribution in [3.63, 3.8) is 0 Å². The number of nitriles is 5. The Bertz CT molecular complexity index is 590. The average molecular weight is 414 g/mol. The van der Waals surface area contributed by atoms with Crippen LogP contribution in [0.2, 0.25) is 0 Å². The van der Waals surface area contributed by atoms with Crippen LogP contribution in [0.15, 0.2) is 0 Å². The predicted octanol–water partition coefficient (Wildman–Crippen LogP) is 4.05. The molecule has 0 radical (unpaired) electrons. The summed E-state index contributed by atoms with van der Waals surface area (Å²) in [7, 11) is 0. The number of ether oxygens (including phenoxy) is 3. The van der Waals surface area contributed by atoms with Gasteiger partial charge in [0, 0.05) is 12.8 Å². The number of rotatable bonds is 19. The molecule has 0 aromatic heterocycles. The molecular formula is C22H31N5O3. The zero-order chi connectivity index (χ0) is 22.3. The molecule has 162 valence electrons. The quantitative estimate of drug-likeness (QED) is 0.288. The highest BCUT2D eigenvalue weighted by Crippen LogP contribution is 2.23. The summed E-state index contributed by atoms with van der Waals surface area (Å²) in [5, 5.41) is 44.1. The summed E-state index contributed by atoms with van der Waals surface area (Å²) in [5.41, 5.74) is 0. The standard InChI is InChI=1S/C22H31N5O3/c23-12-5-1-3-10-20(28-17-7-14-25)22(30-19-9-16-27)21(29-18-8-15-26)11-4-2-6-13-24/h20-22H,1-11,17-19H2. The summed E-state index contributed by atoms with van der Waals surface area (Å²) in [6.07, 6.45) is 4.79. The fourth-order valence-electron chi connectivity index (χ4n) is 2.99. The lowest BCUT2D eigenvalue weighted by Crippen LogP contribution is -2.43. The Labute approximate surface area is 180 Å². The molecule has 0 aliphatic carbocycles. The highest BCUT2D eigenvalue weighted by molar-refractivity contribution is 4.84. The van der Waals surface area contributed by atoms with Gasteiger partial charge in [-0.25, -0.2) is 0 Å². The van der Waals surface area contributed by atoms with Gasteiger partial charge in [0.1, 0.15) is 6.10 Å². The van der Waals surface area contributed by atoms with Crippen LogP contribution in [0.4, 0.5) is 0 Å². The van der Waals surface area contributed by atoms with Crippen LogP contribution in [0.5, 0.6) is 0 Å². The van der Waals surface area contributed by atoms with Crippen LogP contribution < -0.4 is 0 Å². The van der Waals surface area contributed by atoms with E-state index in [0.29, 0.717) is 25.7 Å². The molecule has 0 N–H and O–H groups in total. The molecule has 0 aromatic carbocycles. The second kappa shape index (κ2) is 21.0. The first-order valence-corrected chi connectivity index (χ1v) is 10.4. The molecule has 0 spiro atoms. The first-order chi connectivity index (χ1) is 14.7. The summed E-state index contributed by atoms with van der Waals surface area (Å²) in [6.45, 7) is 0.752. The van der Waals surface area contributed by atoms with E-state index in [1.54, 1.807) is 0 Å². The van der Waals surface area contributed by atoms with Crippen LogP contribution in [0, 0.1) is 56.7 Å². The Morgan fingerprint density at radius 1 is 0.467 bits per heavy atom. The van der Waals surface area contributed by atoms with Crippen molar-refractivity contribution in [1.82, 2.24) is 0 Å². The molecule has 0 bridgehead atoms. The SMILES string of the molecule is N#CCCCCC(OCCC#N)C(OCCC#N)C(CCCCC#N)OCCC#N. The predicted molar refractivity (Wildman–Crippen MR) is 108 cm³/mol. The van der Waals surface area contributed by atoms with E-state index in [1.807, 2.05) is 0 Å². The van der Waals surface area contributed by atoms with Gasteiger partial charge < -0.3 is 14.2 Å². The normalized spacial score (nSPS) is 13.0. The van der Waals surface area contributed by atoms with E-state index < -0.39 is 6.10 Å². The molecule has 0 aliphatic rings. The molecule has 0 amide bonds. The number of unbranched alkanes of at least 4 members (excludes halogenated alkanes) is 4. The van der Waals surface area contributed by atoms with Gasteiger partial charge in [0.15, 0.2) is 0 Å². The second-order valence-corrected chi connectivity index (χ2v) is 6.69. The molecule has 8 heteroatoms. The lowest BCUT2D eigenvalue weighted by Gasteiger charge is -2.33. The number of hydrogen-bond acceptors (Lipinski definition) is 8. The van der Waals surface area contributed by atoms with Gasteiger partial charge in [-0.05, 0) is 38.5 Å². The fourth-order valence-corrected chi connectivity index (χ4v) is 2.99. The van der Waals surface area contributed by atoms with E-state index in [1.165, 1.54) is 0 Å². The average Bonchev–Trinajstić information content (AvgIpc) is 2.75. The molecule has 0 saturated heterocycles. The van der Waals surface area contributed by atoms with Crippen LogP contribution in [-0.2, 0) is 14.2 Å². The molecule has 0 aromatic rings. The molecule has 0 saturated carbocycles. The van der Waals surface area contributed by atoms with E-state index in [9.17, 15) is 0 Å². The van der Waals surface area contributed by atoms with Crippen LogP contribution in [-0.4, -0.2) is 38.1 Å². The Kier molecular flexibility index (Phi) is 19.2. The van der Waals surface area contributed by atoms with E-state index in [2.05, 4.69) is 30.3 Å². The third-order valence-electron chi connectivity index (χ3n) is 4.40. The summed E-state index contributed by atoms with van der Waals surface area (Å²) < 4.78 is 17.9. The Hall–Kier alpha value is -2.67.